The van der Waals surface area contributed by atoms with Crippen LogP contribution < -0.4 is 15.5 Å². The summed E-state index contributed by atoms with van der Waals surface area (Å²) in [6, 6.07) is 4.58. The molecule has 1 fully saturated rings. The Bertz CT molecular complexity index is 783. The van der Waals surface area contributed by atoms with Gasteiger partial charge in [0.15, 0.2) is 0 Å². The molecule has 0 bridgehead atoms. The molecule has 9 heteroatoms. The molecule has 26 heavy (non-hydrogen) atoms. The Hall–Kier alpha value is -3.10. The van der Waals surface area contributed by atoms with E-state index < -0.39 is 17.6 Å². The predicted octanol–water partition coefficient (Wildman–Crippen LogP) is 1.34. The van der Waals surface area contributed by atoms with Gasteiger partial charge in [-0.25, -0.2) is 18.7 Å². The van der Waals surface area contributed by atoms with Crippen molar-refractivity contribution in [2.24, 2.45) is 5.92 Å². The van der Waals surface area contributed by atoms with Crippen LogP contribution in [0, 0.1) is 17.6 Å². The molecule has 1 aliphatic heterocycles. The molecule has 0 aliphatic carbocycles. The third-order valence-corrected chi connectivity index (χ3v) is 3.93. The number of nitrogens with zero attached hydrogens (tertiary/aromatic N) is 3. The molecule has 1 aliphatic rings. The Labute approximate surface area is 148 Å². The number of hydrogen-bond donors (Lipinski definition) is 2. The van der Waals surface area contributed by atoms with Crippen molar-refractivity contribution in [2.75, 3.05) is 29.9 Å². The molecule has 136 valence electrons. The average Bonchev–Trinajstić information content (AvgIpc) is 3.00. The van der Waals surface area contributed by atoms with E-state index in [0.29, 0.717) is 19.0 Å². The van der Waals surface area contributed by atoms with Crippen molar-refractivity contribution in [3.05, 3.63) is 48.3 Å². The second-order valence-corrected chi connectivity index (χ2v) is 5.82. The van der Waals surface area contributed by atoms with Crippen LogP contribution in [0.3, 0.4) is 0 Å². The van der Waals surface area contributed by atoms with Crippen molar-refractivity contribution in [2.45, 2.75) is 6.42 Å². The lowest BCUT2D eigenvalue weighted by atomic mass is 10.1. The molecule has 1 unspecified atom stereocenters. The molecule has 2 aromatic rings. The molecule has 0 radical (unpaired) electrons. The molecule has 2 heterocycles. The van der Waals surface area contributed by atoms with Crippen molar-refractivity contribution >= 4 is 23.5 Å². The molecule has 1 saturated heterocycles. The summed E-state index contributed by atoms with van der Waals surface area (Å²) in [4.78, 5) is 33.5. The van der Waals surface area contributed by atoms with Gasteiger partial charge in [0, 0.05) is 50.2 Å². The number of nitrogens with one attached hydrogen (secondary N) is 2. The van der Waals surface area contributed by atoms with Gasteiger partial charge in [-0.1, -0.05) is 0 Å². The first-order chi connectivity index (χ1) is 12.5. The Morgan fingerprint density at radius 2 is 1.85 bits per heavy atom. The van der Waals surface area contributed by atoms with Gasteiger partial charge in [0.2, 0.25) is 17.8 Å². The molecule has 1 atom stereocenters. The molecule has 3 rings (SSSR count). The standard InChI is InChI=1S/C17H17F2N5O2/c18-12-7-13(19)9-14(8-12)24-10-11(6-15(24)25)16(26)20-4-5-23-17-21-2-1-3-22-17/h1-3,7-9,11H,4-6,10H2,(H,20,26)(H,21,22,23). The number of amides is 2. The van der Waals surface area contributed by atoms with Gasteiger partial charge in [0.25, 0.3) is 0 Å². The summed E-state index contributed by atoms with van der Waals surface area (Å²) < 4.78 is 26.7. The van der Waals surface area contributed by atoms with Crippen LogP contribution in [0.15, 0.2) is 36.7 Å². The first-order valence-electron chi connectivity index (χ1n) is 8.08. The Balaban J connectivity index is 1.50. The monoisotopic (exact) mass is 361 g/mol. The third kappa shape index (κ3) is 4.29. The zero-order chi connectivity index (χ0) is 18.5. The maximum atomic E-state index is 13.3. The molecule has 0 saturated carbocycles. The van der Waals surface area contributed by atoms with Gasteiger partial charge in [-0.15, -0.1) is 0 Å². The lowest BCUT2D eigenvalue weighted by molar-refractivity contribution is -0.126. The van der Waals surface area contributed by atoms with E-state index >= 15 is 0 Å². The Kier molecular flexibility index (Phi) is 5.35. The van der Waals surface area contributed by atoms with Crippen LogP contribution in [-0.4, -0.2) is 41.4 Å². The van der Waals surface area contributed by atoms with Gasteiger partial charge in [-0.05, 0) is 18.2 Å². The summed E-state index contributed by atoms with van der Waals surface area (Å²) in [5.41, 5.74) is 0.116. The lowest BCUT2D eigenvalue weighted by Crippen LogP contribution is -2.35. The maximum absolute atomic E-state index is 13.3. The smallest absolute Gasteiger partial charge is 0.227 e. The van der Waals surface area contributed by atoms with E-state index in [-0.39, 0.29) is 30.5 Å². The fraction of sp³-hybridized carbons (Fsp3) is 0.294. The highest BCUT2D eigenvalue weighted by atomic mass is 19.1. The highest BCUT2D eigenvalue weighted by Gasteiger charge is 2.35. The summed E-state index contributed by atoms with van der Waals surface area (Å²) in [6.45, 7) is 0.842. The van der Waals surface area contributed by atoms with E-state index in [2.05, 4.69) is 20.6 Å². The average molecular weight is 361 g/mol. The van der Waals surface area contributed by atoms with E-state index in [0.717, 1.165) is 18.2 Å². The van der Waals surface area contributed by atoms with Crippen molar-refractivity contribution in [1.82, 2.24) is 15.3 Å². The first-order valence-corrected chi connectivity index (χ1v) is 8.08. The van der Waals surface area contributed by atoms with Crippen LogP contribution in [0.1, 0.15) is 6.42 Å². The summed E-state index contributed by atoms with van der Waals surface area (Å²) in [5.74, 6) is -2.27. The fourth-order valence-corrected chi connectivity index (χ4v) is 2.72. The number of hydrogen-bond acceptors (Lipinski definition) is 5. The number of anilines is 2. The largest absolute Gasteiger partial charge is 0.354 e. The fourth-order valence-electron chi connectivity index (χ4n) is 2.72. The summed E-state index contributed by atoms with van der Waals surface area (Å²) in [5, 5.41) is 5.67. The molecule has 0 spiro atoms. The lowest BCUT2D eigenvalue weighted by Gasteiger charge is -2.17. The highest BCUT2D eigenvalue weighted by molar-refractivity contribution is 6.00. The van der Waals surface area contributed by atoms with Crippen LogP contribution in [0.5, 0.6) is 0 Å². The van der Waals surface area contributed by atoms with E-state index in [1.807, 2.05) is 0 Å². The van der Waals surface area contributed by atoms with E-state index in [1.165, 1.54) is 4.90 Å². The molecule has 2 N–H and O–H groups in total. The third-order valence-electron chi connectivity index (χ3n) is 3.93. The minimum Gasteiger partial charge on any atom is -0.354 e. The zero-order valence-corrected chi connectivity index (χ0v) is 13.8. The Morgan fingerprint density at radius 1 is 1.15 bits per heavy atom. The van der Waals surface area contributed by atoms with Crippen LogP contribution in [-0.2, 0) is 9.59 Å². The van der Waals surface area contributed by atoms with Gasteiger partial charge >= 0.3 is 0 Å². The van der Waals surface area contributed by atoms with Gasteiger partial charge in [0.1, 0.15) is 11.6 Å². The predicted molar refractivity (Wildman–Crippen MR) is 90.3 cm³/mol. The molecular weight excluding hydrogens is 344 g/mol. The topological polar surface area (TPSA) is 87.2 Å². The molecular formula is C17H17F2N5O2. The summed E-state index contributed by atoms with van der Waals surface area (Å²) in [7, 11) is 0. The quantitative estimate of drug-likeness (QED) is 0.758. The summed E-state index contributed by atoms with van der Waals surface area (Å²) >= 11 is 0. The second-order valence-electron chi connectivity index (χ2n) is 5.82. The van der Waals surface area contributed by atoms with Crippen molar-refractivity contribution < 1.29 is 18.4 Å². The SMILES string of the molecule is O=C(NCCNc1ncccn1)C1CC(=O)N(c2cc(F)cc(F)c2)C1. The van der Waals surface area contributed by atoms with E-state index in [1.54, 1.807) is 18.5 Å². The number of rotatable bonds is 6. The van der Waals surface area contributed by atoms with Crippen LogP contribution in [0.2, 0.25) is 0 Å². The van der Waals surface area contributed by atoms with Crippen molar-refractivity contribution in [3.8, 4) is 0 Å². The van der Waals surface area contributed by atoms with E-state index in [9.17, 15) is 18.4 Å². The zero-order valence-electron chi connectivity index (χ0n) is 13.8. The number of aromatic nitrogens is 2. The molecule has 2 amide bonds. The van der Waals surface area contributed by atoms with E-state index in [4.69, 9.17) is 0 Å². The van der Waals surface area contributed by atoms with Gasteiger partial charge in [0.05, 0.1) is 5.92 Å². The van der Waals surface area contributed by atoms with Crippen LogP contribution in [0.25, 0.3) is 0 Å². The second kappa shape index (κ2) is 7.85. The van der Waals surface area contributed by atoms with Gasteiger partial charge in [-0.3, -0.25) is 9.59 Å². The number of halogens is 2. The Morgan fingerprint density at radius 3 is 2.54 bits per heavy atom. The highest BCUT2D eigenvalue weighted by Crippen LogP contribution is 2.26. The number of carbonyl (C=O) groups excluding carboxylic acids is 2. The number of benzene rings is 1. The molecule has 7 nitrogen and oxygen atoms in total. The van der Waals surface area contributed by atoms with Gasteiger partial charge in [-0.2, -0.15) is 0 Å². The van der Waals surface area contributed by atoms with Crippen molar-refractivity contribution in [3.63, 3.8) is 0 Å². The normalized spacial score (nSPS) is 16.6. The minimum absolute atomic E-state index is 0.000803. The van der Waals surface area contributed by atoms with Gasteiger partial charge < -0.3 is 15.5 Å². The van der Waals surface area contributed by atoms with Crippen LogP contribution in [0.4, 0.5) is 20.4 Å². The molecule has 1 aromatic carbocycles. The van der Waals surface area contributed by atoms with Crippen LogP contribution >= 0.6 is 0 Å². The molecule has 1 aromatic heterocycles. The number of carbonyl (C=O) groups is 2. The summed E-state index contributed by atoms with van der Waals surface area (Å²) in [6.07, 6.45) is 3.20. The first kappa shape index (κ1) is 17.7. The minimum atomic E-state index is -0.769. The maximum Gasteiger partial charge on any atom is 0.227 e. The van der Waals surface area contributed by atoms with Crippen molar-refractivity contribution in [1.29, 1.82) is 0 Å².